The number of amides is 1. The average Bonchev–Trinajstić information content (AvgIpc) is 2.59. The maximum Gasteiger partial charge on any atom is 0.331 e. The van der Waals surface area contributed by atoms with Crippen LogP contribution in [0.25, 0.3) is 6.08 Å². The first-order valence-corrected chi connectivity index (χ1v) is 8.10. The van der Waals surface area contributed by atoms with Crippen LogP contribution >= 0.6 is 0 Å². The summed E-state index contributed by atoms with van der Waals surface area (Å²) < 4.78 is 10.2. The molecule has 0 aliphatic heterocycles. The lowest BCUT2D eigenvalue weighted by molar-refractivity contribution is -0.144. The molecule has 0 spiro atoms. The maximum atomic E-state index is 11.8. The minimum Gasteiger partial charge on any atom is -0.494 e. The molecular weight excluding hydrogens is 320 g/mol. The van der Waals surface area contributed by atoms with Crippen LogP contribution in [0.4, 0.5) is 0 Å². The fraction of sp³-hybridized carbons (Fsp3) is 0.421. The van der Waals surface area contributed by atoms with E-state index in [4.69, 9.17) is 14.7 Å². The zero-order valence-corrected chi connectivity index (χ0v) is 15.0. The molecular formula is C19H24N2O4. The highest BCUT2D eigenvalue weighted by molar-refractivity contribution is 5.89. The van der Waals surface area contributed by atoms with Crippen molar-refractivity contribution in [3.8, 4) is 11.8 Å². The first-order valence-electron chi connectivity index (χ1n) is 8.10. The van der Waals surface area contributed by atoms with Gasteiger partial charge in [0, 0.05) is 6.08 Å². The topological polar surface area (TPSA) is 88.4 Å². The van der Waals surface area contributed by atoms with Crippen LogP contribution in [-0.4, -0.2) is 30.6 Å². The van der Waals surface area contributed by atoms with Crippen LogP contribution in [0.15, 0.2) is 30.3 Å². The lowest BCUT2D eigenvalue weighted by Crippen LogP contribution is -2.50. The molecule has 0 aromatic heterocycles. The van der Waals surface area contributed by atoms with Crippen LogP contribution in [0.5, 0.6) is 5.75 Å². The number of nitriles is 1. The SMILES string of the molecule is CCOc1ccc(/C=C/C(=O)OCC(=O)N[C@](C)(C#N)C(C)C)cc1. The van der Waals surface area contributed by atoms with Gasteiger partial charge in [-0.1, -0.05) is 26.0 Å². The van der Waals surface area contributed by atoms with E-state index in [1.54, 1.807) is 25.1 Å². The highest BCUT2D eigenvalue weighted by Crippen LogP contribution is 2.15. The van der Waals surface area contributed by atoms with Crippen molar-refractivity contribution in [1.29, 1.82) is 5.26 Å². The van der Waals surface area contributed by atoms with Crippen LogP contribution in [0.3, 0.4) is 0 Å². The molecule has 1 aromatic rings. The lowest BCUT2D eigenvalue weighted by atomic mass is 9.90. The number of ether oxygens (including phenoxy) is 2. The zero-order chi connectivity index (χ0) is 18.9. The summed E-state index contributed by atoms with van der Waals surface area (Å²) in [6.45, 7) is 7.34. The van der Waals surface area contributed by atoms with E-state index < -0.39 is 24.0 Å². The fourth-order valence-corrected chi connectivity index (χ4v) is 1.82. The van der Waals surface area contributed by atoms with Crippen LogP contribution in [-0.2, 0) is 14.3 Å². The maximum absolute atomic E-state index is 11.8. The summed E-state index contributed by atoms with van der Waals surface area (Å²) in [7, 11) is 0. The standard InChI is InChI=1S/C19H24N2O4/c1-5-24-16-9-6-15(7-10-16)8-11-18(23)25-12-17(22)21-19(4,13-20)14(2)3/h6-11,14H,5,12H2,1-4H3,(H,21,22)/b11-8+/t19-/m1/s1. The molecule has 0 saturated heterocycles. The highest BCUT2D eigenvalue weighted by atomic mass is 16.5. The zero-order valence-electron chi connectivity index (χ0n) is 15.0. The first kappa shape index (κ1) is 20.2. The minimum atomic E-state index is -0.998. The second-order valence-corrected chi connectivity index (χ2v) is 5.96. The van der Waals surface area contributed by atoms with E-state index in [2.05, 4.69) is 11.4 Å². The Morgan fingerprint density at radius 1 is 1.32 bits per heavy atom. The molecule has 1 atom stereocenters. The van der Waals surface area contributed by atoms with Crippen molar-refractivity contribution in [3.05, 3.63) is 35.9 Å². The van der Waals surface area contributed by atoms with Gasteiger partial charge >= 0.3 is 5.97 Å². The van der Waals surface area contributed by atoms with Gasteiger partial charge in [0.05, 0.1) is 12.7 Å². The van der Waals surface area contributed by atoms with Crippen molar-refractivity contribution in [2.24, 2.45) is 5.92 Å². The second-order valence-electron chi connectivity index (χ2n) is 5.96. The molecule has 1 aromatic carbocycles. The van der Waals surface area contributed by atoms with Crippen molar-refractivity contribution in [3.63, 3.8) is 0 Å². The Morgan fingerprint density at radius 2 is 1.96 bits per heavy atom. The Kier molecular flexibility index (Phi) is 7.67. The van der Waals surface area contributed by atoms with Gasteiger partial charge in [0.1, 0.15) is 11.3 Å². The molecule has 6 nitrogen and oxygen atoms in total. The number of nitrogens with zero attached hydrogens (tertiary/aromatic N) is 1. The van der Waals surface area contributed by atoms with Gasteiger partial charge < -0.3 is 14.8 Å². The van der Waals surface area contributed by atoms with Crippen LogP contribution in [0, 0.1) is 17.2 Å². The molecule has 1 rings (SSSR count). The Hall–Kier alpha value is -2.81. The third-order valence-corrected chi connectivity index (χ3v) is 3.73. The predicted molar refractivity (Wildman–Crippen MR) is 94.6 cm³/mol. The van der Waals surface area contributed by atoms with E-state index in [0.717, 1.165) is 11.3 Å². The van der Waals surface area contributed by atoms with E-state index >= 15 is 0 Å². The van der Waals surface area contributed by atoms with Gasteiger partial charge in [-0.05, 0) is 43.5 Å². The highest BCUT2D eigenvalue weighted by Gasteiger charge is 2.30. The average molecular weight is 344 g/mol. The Balaban J connectivity index is 2.49. The fourth-order valence-electron chi connectivity index (χ4n) is 1.82. The molecule has 1 N–H and O–H groups in total. The summed E-state index contributed by atoms with van der Waals surface area (Å²) in [4.78, 5) is 23.5. The third kappa shape index (κ3) is 6.68. The number of hydrogen-bond acceptors (Lipinski definition) is 5. The molecule has 1 amide bonds. The molecule has 0 unspecified atom stereocenters. The van der Waals surface area contributed by atoms with E-state index in [0.29, 0.717) is 6.61 Å². The minimum absolute atomic E-state index is 0.0725. The number of carbonyl (C=O) groups is 2. The summed E-state index contributed by atoms with van der Waals surface area (Å²) in [6.07, 6.45) is 2.83. The molecule has 134 valence electrons. The quantitative estimate of drug-likeness (QED) is 0.578. The number of rotatable bonds is 8. The van der Waals surface area contributed by atoms with Gasteiger partial charge in [0.25, 0.3) is 5.91 Å². The van der Waals surface area contributed by atoms with Crippen LogP contribution in [0.1, 0.15) is 33.3 Å². The molecule has 6 heteroatoms. The van der Waals surface area contributed by atoms with E-state index in [-0.39, 0.29) is 5.92 Å². The summed E-state index contributed by atoms with van der Waals surface area (Å²) in [5.41, 5.74) is -0.191. The van der Waals surface area contributed by atoms with Gasteiger partial charge in [-0.25, -0.2) is 4.79 Å². The van der Waals surface area contributed by atoms with Crippen molar-refractivity contribution in [1.82, 2.24) is 5.32 Å². The van der Waals surface area contributed by atoms with E-state index in [9.17, 15) is 9.59 Å². The monoisotopic (exact) mass is 344 g/mol. The van der Waals surface area contributed by atoms with Gasteiger partial charge in [-0.3, -0.25) is 4.79 Å². The summed E-state index contributed by atoms with van der Waals surface area (Å²) in [5.74, 6) is -0.464. The van der Waals surface area contributed by atoms with Gasteiger partial charge in [0.2, 0.25) is 0 Å². The number of hydrogen-bond donors (Lipinski definition) is 1. The van der Waals surface area contributed by atoms with Crippen molar-refractivity contribution < 1.29 is 19.1 Å². The summed E-state index contributed by atoms with van der Waals surface area (Å²) in [6, 6.07) is 9.28. The smallest absolute Gasteiger partial charge is 0.331 e. The molecule has 0 saturated carbocycles. The number of nitrogens with one attached hydrogen (secondary N) is 1. The summed E-state index contributed by atoms with van der Waals surface area (Å²) in [5, 5.41) is 11.7. The summed E-state index contributed by atoms with van der Waals surface area (Å²) >= 11 is 0. The second kappa shape index (κ2) is 9.48. The lowest BCUT2D eigenvalue weighted by Gasteiger charge is -2.27. The van der Waals surface area contributed by atoms with Crippen molar-refractivity contribution in [2.75, 3.05) is 13.2 Å². The molecule has 25 heavy (non-hydrogen) atoms. The van der Waals surface area contributed by atoms with Crippen molar-refractivity contribution in [2.45, 2.75) is 33.2 Å². The Bertz CT molecular complexity index is 659. The largest absolute Gasteiger partial charge is 0.494 e. The number of benzene rings is 1. The van der Waals surface area contributed by atoms with Gasteiger partial charge in [-0.15, -0.1) is 0 Å². The molecule has 0 fully saturated rings. The predicted octanol–water partition coefficient (Wildman–Crippen LogP) is 2.70. The molecule has 0 aliphatic rings. The third-order valence-electron chi connectivity index (χ3n) is 3.73. The number of esters is 1. The van der Waals surface area contributed by atoms with Gasteiger partial charge in [0.15, 0.2) is 6.61 Å². The van der Waals surface area contributed by atoms with Crippen LogP contribution < -0.4 is 10.1 Å². The Morgan fingerprint density at radius 3 is 2.48 bits per heavy atom. The molecule has 0 bridgehead atoms. The molecule has 0 aliphatic carbocycles. The van der Waals surface area contributed by atoms with Gasteiger partial charge in [-0.2, -0.15) is 5.26 Å². The van der Waals surface area contributed by atoms with E-state index in [1.165, 1.54) is 6.08 Å². The van der Waals surface area contributed by atoms with Crippen molar-refractivity contribution >= 4 is 18.0 Å². The van der Waals surface area contributed by atoms with E-state index in [1.807, 2.05) is 32.9 Å². The normalized spacial score (nSPS) is 13.1. The number of carbonyl (C=O) groups excluding carboxylic acids is 2. The molecule has 0 heterocycles. The Labute approximate surface area is 148 Å². The first-order chi connectivity index (χ1) is 11.8. The molecule has 0 radical (unpaired) electrons. The van der Waals surface area contributed by atoms with Crippen LogP contribution in [0.2, 0.25) is 0 Å².